The quantitative estimate of drug-likeness (QED) is 0.0261. The van der Waals surface area contributed by atoms with E-state index in [0.29, 0.717) is 5.69 Å². The number of carbonyl (C=O) groups is 2. The zero-order chi connectivity index (χ0) is 61.6. The molecule has 0 spiro atoms. The Hall–Kier alpha value is -10.9. The van der Waals surface area contributed by atoms with Gasteiger partial charge in [0.25, 0.3) is 17.6 Å². The van der Waals surface area contributed by atoms with Gasteiger partial charge in [-0.05, 0) is 76.3 Å². The summed E-state index contributed by atoms with van der Waals surface area (Å²) in [5, 5.41) is 108. The van der Waals surface area contributed by atoms with Crippen molar-refractivity contribution < 1.29 is 73.4 Å². The number of hydrogen-bond donors (Lipinski definition) is 4. The number of aromatic hydroxyl groups is 2. The van der Waals surface area contributed by atoms with Crippen LogP contribution in [0.1, 0.15) is 39.1 Å². The topological polar surface area (TPSA) is 427 Å². The Morgan fingerprint density at radius 3 is 1.40 bits per heavy atom. The summed E-state index contributed by atoms with van der Waals surface area (Å²) in [7, 11) is 3.16. The Kier molecular flexibility index (Phi) is 26.9. The van der Waals surface area contributed by atoms with Gasteiger partial charge in [0.15, 0.2) is 23.0 Å². The third-order valence-electron chi connectivity index (χ3n) is 10.9. The molecule has 0 aliphatic heterocycles. The molecule has 2 aliphatic rings. The molecule has 4 aromatic heterocycles. The van der Waals surface area contributed by atoms with Crippen LogP contribution in [0.25, 0.3) is 9.69 Å². The molecule has 86 heavy (non-hydrogen) atoms. The fourth-order valence-corrected chi connectivity index (χ4v) is 7.75. The van der Waals surface area contributed by atoms with Crippen molar-refractivity contribution in [2.45, 2.75) is 27.7 Å². The summed E-state index contributed by atoms with van der Waals surface area (Å²) in [6, 6.07) is 14.0. The average molecular weight is 1300 g/mol. The maximum Gasteiger partial charge on any atom is 0.416 e. The molecule has 32 nitrogen and oxygen atoms in total. The minimum Gasteiger partial charge on any atom is -0.506 e. The monoisotopic (exact) mass is 1290 g/mol. The van der Waals surface area contributed by atoms with Gasteiger partial charge in [0.05, 0.1) is 16.9 Å². The van der Waals surface area contributed by atoms with Gasteiger partial charge in [-0.2, -0.15) is 15.5 Å². The molecule has 0 saturated carbocycles. The van der Waals surface area contributed by atoms with E-state index in [-0.39, 0.29) is 140 Å². The molecule has 0 unspecified atom stereocenters. The van der Waals surface area contributed by atoms with Crippen molar-refractivity contribution in [2.24, 2.45) is 55.0 Å². The summed E-state index contributed by atoms with van der Waals surface area (Å²) in [5.74, 6) is -0.953. The Bertz CT molecular complexity index is 3830. The average Bonchev–Trinajstić information content (AvgIpc) is 3.16. The second-order valence-electron chi connectivity index (χ2n) is 16.0. The summed E-state index contributed by atoms with van der Waals surface area (Å²) in [6.45, 7) is 25.6. The summed E-state index contributed by atoms with van der Waals surface area (Å²) in [5.41, 5.74) is 2.67. The Morgan fingerprint density at radius 1 is 0.651 bits per heavy atom. The third-order valence-corrected chi connectivity index (χ3v) is 12.6. The number of rotatable bonds is 14. The van der Waals surface area contributed by atoms with E-state index in [0.717, 1.165) is 84.8 Å². The van der Waals surface area contributed by atoms with Crippen LogP contribution in [0.2, 0.25) is 0 Å². The Morgan fingerprint density at radius 2 is 1.08 bits per heavy atom. The largest absolute Gasteiger partial charge is 0.506 e. The van der Waals surface area contributed by atoms with Crippen molar-refractivity contribution in [3.63, 3.8) is 0 Å². The van der Waals surface area contributed by atoms with Crippen LogP contribution in [0.4, 0.5) is 56.3 Å². The van der Waals surface area contributed by atoms with E-state index < -0.39 is 9.85 Å². The van der Waals surface area contributed by atoms with Crippen LogP contribution in [0, 0.1) is 56.0 Å². The number of imidazole rings is 2. The molecule has 4 N–H and O–H groups in total. The van der Waals surface area contributed by atoms with Crippen LogP contribution in [0.5, 0.6) is 11.5 Å². The van der Waals surface area contributed by atoms with Gasteiger partial charge >= 0.3 is 16.0 Å². The van der Waals surface area contributed by atoms with Crippen molar-refractivity contribution in [2.75, 3.05) is 36.0 Å². The number of ketones is 2. The summed E-state index contributed by atoms with van der Waals surface area (Å²) >= 11 is 1.51. The maximum absolute atomic E-state index is 10.9. The molecule has 2 aliphatic carbocycles. The van der Waals surface area contributed by atoms with Crippen LogP contribution in [-0.4, -0.2) is 98.5 Å². The number of aliphatic hydroxyl groups is 2. The van der Waals surface area contributed by atoms with Gasteiger partial charge in [0, 0.05) is 124 Å². The molecule has 446 valence electrons. The molecule has 8 rings (SSSR count). The van der Waals surface area contributed by atoms with Gasteiger partial charge in [0.2, 0.25) is 0 Å². The number of benzene rings is 2. The minimum absolute atomic E-state index is 0. The number of allylic oxidation sites excluding steroid dienone is 6. The Labute approximate surface area is 515 Å². The molecule has 2 aromatic carbocycles. The van der Waals surface area contributed by atoms with Crippen molar-refractivity contribution >= 4 is 102 Å². The number of aromatic nitrogens is 6. The molecule has 0 bridgehead atoms. The number of hydrogen-bond acceptors (Lipinski definition) is 26. The summed E-state index contributed by atoms with van der Waals surface area (Å²) < 4.78 is 2.77. The number of azo groups is 2. The van der Waals surface area contributed by atoms with E-state index in [9.17, 15) is 50.2 Å². The first kappa shape index (κ1) is 69.4. The molecule has 0 atom stereocenters. The van der Waals surface area contributed by atoms with E-state index >= 15 is 0 Å². The number of nitriles is 2. The minimum atomic E-state index is -0.583. The van der Waals surface area contributed by atoms with E-state index in [1.54, 1.807) is 38.4 Å². The van der Waals surface area contributed by atoms with E-state index in [2.05, 4.69) is 80.3 Å². The molecule has 6 aromatic rings. The summed E-state index contributed by atoms with van der Waals surface area (Å²) in [6.07, 6.45) is 9.17. The first-order valence-electron chi connectivity index (χ1n) is 23.9. The van der Waals surface area contributed by atoms with E-state index in [4.69, 9.17) is 23.7 Å². The summed E-state index contributed by atoms with van der Waals surface area (Å²) in [4.78, 5) is 67.5. The molecule has 0 amide bonds. The van der Waals surface area contributed by atoms with E-state index in [1.165, 1.54) is 33.4 Å². The van der Waals surface area contributed by atoms with Gasteiger partial charge in [-0.3, -0.25) is 40.0 Å². The predicted molar refractivity (Wildman–Crippen MR) is 304 cm³/mol. The van der Waals surface area contributed by atoms with Crippen LogP contribution >= 0.6 is 22.7 Å². The number of carbonyl (C=O) groups excluding carboxylic acids is 2. The van der Waals surface area contributed by atoms with Crippen molar-refractivity contribution in [1.29, 1.82) is 10.5 Å². The normalized spacial score (nSPS) is 13.5. The zero-order valence-corrected chi connectivity index (χ0v) is 49.2. The fraction of sp³-hybridized carbons (Fsp3) is 0.200. The fourth-order valence-electron chi connectivity index (χ4n) is 6.64. The number of anilines is 2. The van der Waals surface area contributed by atoms with Crippen LogP contribution in [-0.2, 0) is 57.2 Å². The molecular formula is C50H44Co2N22O10S2-2. The van der Waals surface area contributed by atoms with Crippen molar-refractivity contribution in [3.8, 4) is 23.6 Å². The van der Waals surface area contributed by atoms with Gasteiger partial charge in [-0.1, -0.05) is 45.9 Å². The molecule has 0 saturated heterocycles. The van der Waals surface area contributed by atoms with Crippen LogP contribution < -0.4 is 29.4 Å². The number of phenolic OH excluding ortho intramolecular Hbond substituents is 2. The third kappa shape index (κ3) is 18.6. The first-order valence-corrected chi connectivity index (χ1v) is 25.6. The van der Waals surface area contributed by atoms with Gasteiger partial charge < -0.3 is 64.7 Å². The SMILES string of the molecule is CCN(CC)c1ccc(N=Nc2nc(C#N)c(C#N)n2C)c(O)c1.O=C1C=CC(=NN=c2[n-]cc([N+](=O)[O-])s2)C(O)=C1.O=C1C=CC(=NN=c2[n-]cc([N+](=O)[O-])s2)C(O)=C1.[C-]#[N+]c1nc(N=Nc2ccc(N(CC)CC)cc2O)n(C)c1[N+]#[C-].[Co].[Co]. The molecule has 4 heterocycles. The molecule has 0 fully saturated rings. The maximum atomic E-state index is 10.9. The van der Waals surface area contributed by atoms with Gasteiger partial charge in [-0.15, -0.1) is 15.3 Å². The van der Waals surface area contributed by atoms with Crippen molar-refractivity contribution in [3.05, 3.63) is 161 Å². The number of nitrogens with zero attached hydrogens (tertiary/aromatic N) is 22. The zero-order valence-electron chi connectivity index (χ0n) is 45.5. The van der Waals surface area contributed by atoms with Gasteiger partial charge in [0.1, 0.15) is 58.0 Å². The van der Waals surface area contributed by atoms with E-state index in [1.807, 2.05) is 52.0 Å². The Balaban J connectivity index is 0.000000300. The van der Waals surface area contributed by atoms with Crippen molar-refractivity contribution in [1.82, 2.24) is 29.1 Å². The predicted octanol–water partition coefficient (Wildman–Crippen LogP) is 8.52. The number of nitro groups is 2. The first-order chi connectivity index (χ1) is 40.2. The second kappa shape index (κ2) is 33.3. The number of thiazole rings is 2. The standard InChI is InChI=1S/2C16H17N7O.2C9H6N4O4S.2Co/c1-6-23(7-2)11-8-9-12(13(24)10-11)20-21-16-19-14(17-3)15(18-4)22(16)5;1-4-23(5-2)11-6-7-12(15(24)8-11)20-21-16-19-13(9-17)14(10-18)22(16)3;2*14-5-1-2-6(7(15)3-5)11-12-9-10-4-8(18-9)13(16)17;;/h8-10,24H,6-7H2,1-2,5H3;6-8,24H,4-5H2,1-3H3;2*1-4H,(H2,10,12,14,15);;/p-2. The second-order valence-corrected chi connectivity index (χ2v) is 18.0. The molecule has 2 radical (unpaired) electrons. The number of aliphatic hydroxyl groups excluding tert-OH is 2. The smallest absolute Gasteiger partial charge is 0.416 e. The van der Waals surface area contributed by atoms with Gasteiger partial charge in [-0.25, -0.2) is 4.57 Å². The van der Waals surface area contributed by atoms with Crippen LogP contribution in [0.15, 0.2) is 138 Å². The van der Waals surface area contributed by atoms with Crippen LogP contribution in [0.3, 0.4) is 0 Å². The molecular weight excluding hydrogens is 1250 g/mol. The molecule has 36 heteroatoms. The number of phenols is 2.